The number of carbonyl (C=O) groups is 4. The zero-order valence-electron chi connectivity index (χ0n) is 9.92. The third-order valence-corrected chi connectivity index (χ3v) is 1.93. The molecule has 0 radical (unpaired) electrons. The van der Waals surface area contributed by atoms with E-state index >= 15 is 0 Å². The van der Waals surface area contributed by atoms with Crippen LogP contribution in [-0.4, -0.2) is 23.5 Å². The minimum Gasteiger partial charge on any atom is -0.549 e. The molecule has 0 aliphatic heterocycles. The first kappa shape index (κ1) is 21.1. The summed E-state index contributed by atoms with van der Waals surface area (Å²) in [4.78, 5) is 39.9. The maximum atomic E-state index is 10.2. The normalized spacial score (nSPS) is 12.0. The molecule has 2 unspecified atom stereocenters. The van der Waals surface area contributed by atoms with Gasteiger partial charge >= 0.3 is 16.5 Å². The number of carbonyl (C=O) groups excluding carboxylic acids is 4. The maximum Gasteiger partial charge on any atom is 2.00 e. The number of hydrogen-bond acceptors (Lipinski definition) is 6. The molecule has 0 bridgehead atoms. The van der Waals surface area contributed by atoms with E-state index in [9.17, 15) is 29.4 Å². The molecule has 0 amide bonds. The molecule has 0 aliphatic carbocycles. The first-order valence-electron chi connectivity index (χ1n) is 4.53. The van der Waals surface area contributed by atoms with E-state index in [1.807, 2.05) is 0 Å². The van der Waals surface area contributed by atoms with Crippen LogP contribution >= 0.6 is 0 Å². The quantitative estimate of drug-likeness (QED) is 0.433. The molecule has 0 spiro atoms. The van der Waals surface area contributed by atoms with Gasteiger partial charge in [0.25, 0.3) is 0 Å². The van der Waals surface area contributed by atoms with E-state index in [1.54, 1.807) is 0 Å². The van der Waals surface area contributed by atoms with Crippen LogP contribution in [0.15, 0.2) is 0 Å². The van der Waals surface area contributed by atoms with Gasteiger partial charge in [0.2, 0.25) is 0 Å². The summed E-state index contributed by atoms with van der Waals surface area (Å²) in [5.74, 6) is -5.28. The molecule has 0 heterocycles. The second kappa shape index (κ2) is 9.96. The zero-order valence-corrected chi connectivity index (χ0v) is 10.9. The molecule has 0 aliphatic rings. The van der Waals surface area contributed by atoms with Crippen molar-refractivity contribution in [3.63, 3.8) is 0 Å². The van der Waals surface area contributed by atoms with Crippen LogP contribution in [-0.2, 0) is 35.7 Å². The van der Waals surface area contributed by atoms with E-state index < -0.39 is 23.8 Å². The average molecular weight is 289 g/mol. The first-order chi connectivity index (χ1) is 7.11. The fraction of sp³-hybridized carbons (Fsp3) is 0.600. The molecule has 17 heavy (non-hydrogen) atoms. The third kappa shape index (κ3) is 11.0. The van der Waals surface area contributed by atoms with E-state index in [2.05, 4.69) is 0 Å². The maximum absolute atomic E-state index is 10.2. The molecule has 2 atom stereocenters. The monoisotopic (exact) mass is 288 g/mol. The molecule has 0 aromatic rings. The Morgan fingerprint density at radius 3 is 0.941 bits per heavy atom. The average Bonchev–Trinajstić information content (AvgIpc) is 2.15. The molecule has 0 aromatic carbocycles. The Kier molecular flexibility index (Phi) is 12.4. The van der Waals surface area contributed by atoms with Gasteiger partial charge in [-0.25, -0.2) is 0 Å². The largest absolute Gasteiger partial charge is 2.00 e. The van der Waals surface area contributed by atoms with Gasteiger partial charge in [0, 0.05) is 0 Å². The molecular formula is C10H14NiO6. The van der Waals surface area contributed by atoms with Gasteiger partial charge in [-0.05, 0) is 13.8 Å². The molecule has 0 saturated heterocycles. The predicted octanol–water partition coefficient (Wildman–Crippen LogP) is -2.08. The number of rotatable bonds is 4. The fourth-order valence-electron chi connectivity index (χ4n) is 0.332. The summed E-state index contributed by atoms with van der Waals surface area (Å²) in [5.41, 5.74) is 0. The van der Waals surface area contributed by atoms with Gasteiger partial charge in [0.1, 0.15) is 11.6 Å². The summed E-state index contributed by atoms with van der Waals surface area (Å²) in [6.07, 6.45) is 0. The number of Topliss-reactive ketones (excluding diaryl/α,β-unsaturated/α-hetero) is 2. The molecular weight excluding hydrogens is 275 g/mol. The summed E-state index contributed by atoms with van der Waals surface area (Å²) < 4.78 is 0. The van der Waals surface area contributed by atoms with Crippen molar-refractivity contribution in [2.75, 3.05) is 0 Å². The molecule has 7 heteroatoms. The van der Waals surface area contributed by atoms with Crippen molar-refractivity contribution in [3.8, 4) is 0 Å². The SMILES string of the molecule is CC(=O)C(C)C(=O)[O-].CC(=O)C(C)C(=O)[O-].[Ni+2]. The first-order valence-corrected chi connectivity index (χ1v) is 4.53. The Morgan fingerprint density at radius 2 is 0.941 bits per heavy atom. The van der Waals surface area contributed by atoms with Crippen LogP contribution in [0.5, 0.6) is 0 Å². The van der Waals surface area contributed by atoms with Gasteiger partial charge in [-0.15, -0.1) is 0 Å². The van der Waals surface area contributed by atoms with Crippen LogP contribution in [0.1, 0.15) is 27.7 Å². The summed E-state index contributed by atoms with van der Waals surface area (Å²) in [7, 11) is 0. The van der Waals surface area contributed by atoms with Gasteiger partial charge in [-0.3, -0.25) is 9.59 Å². The van der Waals surface area contributed by atoms with Crippen molar-refractivity contribution in [3.05, 3.63) is 0 Å². The molecule has 100 valence electrons. The number of carboxylic acid groups (broad SMARTS) is 2. The van der Waals surface area contributed by atoms with Crippen LogP contribution in [0, 0.1) is 11.8 Å². The molecule has 0 aromatic heterocycles. The minimum absolute atomic E-state index is 0. The van der Waals surface area contributed by atoms with Crippen molar-refractivity contribution in [2.45, 2.75) is 27.7 Å². The third-order valence-electron chi connectivity index (χ3n) is 1.93. The van der Waals surface area contributed by atoms with E-state index in [0.717, 1.165) is 0 Å². The van der Waals surface area contributed by atoms with Gasteiger partial charge in [0.15, 0.2) is 0 Å². The van der Waals surface area contributed by atoms with Crippen molar-refractivity contribution in [2.24, 2.45) is 11.8 Å². The van der Waals surface area contributed by atoms with E-state index in [0.29, 0.717) is 0 Å². The molecule has 6 nitrogen and oxygen atoms in total. The number of ketones is 2. The molecule has 0 N–H and O–H groups in total. The topological polar surface area (TPSA) is 114 Å². The number of carboxylic acids is 2. The Balaban J connectivity index is -0.000000218. The second-order valence-corrected chi connectivity index (χ2v) is 3.30. The van der Waals surface area contributed by atoms with Crippen molar-refractivity contribution >= 4 is 23.5 Å². The van der Waals surface area contributed by atoms with Gasteiger partial charge in [-0.1, -0.05) is 13.8 Å². The zero-order chi connectivity index (χ0) is 13.5. The summed E-state index contributed by atoms with van der Waals surface area (Å²) in [6.45, 7) is 5.05. The van der Waals surface area contributed by atoms with Crippen LogP contribution in [0.3, 0.4) is 0 Å². The fourth-order valence-corrected chi connectivity index (χ4v) is 0.332. The van der Waals surface area contributed by atoms with Crippen molar-refractivity contribution in [1.82, 2.24) is 0 Å². The van der Waals surface area contributed by atoms with E-state index in [-0.39, 0.29) is 28.1 Å². The summed E-state index contributed by atoms with van der Waals surface area (Å²) in [5, 5.41) is 19.6. The predicted molar refractivity (Wildman–Crippen MR) is 49.7 cm³/mol. The Morgan fingerprint density at radius 1 is 0.765 bits per heavy atom. The van der Waals surface area contributed by atoms with Gasteiger partial charge < -0.3 is 19.8 Å². The van der Waals surface area contributed by atoms with Crippen molar-refractivity contribution < 1.29 is 45.9 Å². The standard InChI is InChI=1S/2C5H8O3.Ni/c2*1-3(4(2)6)5(7)8;/h2*3H,1-2H3,(H,7,8);/q;;+2/p-2. The molecule has 0 fully saturated rings. The Hall–Kier alpha value is -1.23. The second-order valence-electron chi connectivity index (χ2n) is 3.30. The van der Waals surface area contributed by atoms with Crippen LogP contribution < -0.4 is 10.2 Å². The van der Waals surface area contributed by atoms with Crippen LogP contribution in [0.4, 0.5) is 0 Å². The Bertz CT molecular complexity index is 241. The van der Waals surface area contributed by atoms with Crippen LogP contribution in [0.25, 0.3) is 0 Å². The van der Waals surface area contributed by atoms with Crippen molar-refractivity contribution in [1.29, 1.82) is 0 Å². The van der Waals surface area contributed by atoms with Gasteiger partial charge in [-0.2, -0.15) is 0 Å². The summed E-state index contributed by atoms with van der Waals surface area (Å²) in [6, 6.07) is 0. The molecule has 0 rings (SSSR count). The van der Waals surface area contributed by atoms with E-state index in [1.165, 1.54) is 27.7 Å². The summed E-state index contributed by atoms with van der Waals surface area (Å²) >= 11 is 0. The minimum atomic E-state index is -1.31. The number of aliphatic carboxylic acids is 2. The molecule has 0 saturated carbocycles. The Labute approximate surface area is 109 Å². The number of hydrogen-bond donors (Lipinski definition) is 0. The van der Waals surface area contributed by atoms with E-state index in [4.69, 9.17) is 0 Å². The van der Waals surface area contributed by atoms with Crippen LogP contribution in [0.2, 0.25) is 0 Å². The smallest absolute Gasteiger partial charge is 0.549 e. The van der Waals surface area contributed by atoms with Gasteiger partial charge in [0.05, 0.1) is 23.8 Å².